The smallest absolute Gasteiger partial charge is 0.274 e. The molecule has 5 nitrogen and oxygen atoms in total. The highest BCUT2D eigenvalue weighted by molar-refractivity contribution is 5.92. The summed E-state index contributed by atoms with van der Waals surface area (Å²) in [5, 5.41) is 4.30. The second-order valence-electron chi connectivity index (χ2n) is 5.83. The first-order chi connectivity index (χ1) is 11.2. The fourth-order valence-electron chi connectivity index (χ4n) is 3.21. The van der Waals surface area contributed by atoms with Crippen LogP contribution in [0.15, 0.2) is 47.3 Å². The Hall–Kier alpha value is -2.43. The maximum atomic E-state index is 12.8. The average Bonchev–Trinajstić information content (AvgIpc) is 3.11. The molecular formula is C18H21N3O2. The number of amides is 1. The molecule has 0 bridgehead atoms. The van der Waals surface area contributed by atoms with Crippen LogP contribution in [-0.2, 0) is 0 Å². The molecule has 1 aliphatic rings. The Balaban J connectivity index is 1.93. The number of carbonyl (C=O) groups excluding carboxylic acids is 1. The second-order valence-corrected chi connectivity index (χ2v) is 5.83. The van der Waals surface area contributed by atoms with E-state index in [0.717, 1.165) is 12.8 Å². The standard InChI is InChI=1S/C18H21N3O2/c1-2-20(14-8-6-7-9-14)18(23)16-12-13-17(22)21(19-16)15-10-4-3-5-11-15/h3-5,10-14H,2,6-9H2,1H3. The molecule has 0 saturated heterocycles. The third-order valence-electron chi connectivity index (χ3n) is 4.39. The van der Waals surface area contributed by atoms with Crippen molar-refractivity contribution >= 4 is 5.91 Å². The molecule has 0 aliphatic heterocycles. The van der Waals surface area contributed by atoms with Gasteiger partial charge in [-0.3, -0.25) is 9.59 Å². The topological polar surface area (TPSA) is 55.2 Å². The van der Waals surface area contributed by atoms with Gasteiger partial charge in [0, 0.05) is 18.7 Å². The van der Waals surface area contributed by atoms with Crippen LogP contribution in [0.4, 0.5) is 0 Å². The van der Waals surface area contributed by atoms with Crippen molar-refractivity contribution in [1.29, 1.82) is 0 Å². The molecule has 5 heteroatoms. The van der Waals surface area contributed by atoms with Crippen LogP contribution < -0.4 is 5.56 Å². The highest BCUT2D eigenvalue weighted by Gasteiger charge is 2.27. The third-order valence-corrected chi connectivity index (χ3v) is 4.39. The van der Waals surface area contributed by atoms with E-state index < -0.39 is 0 Å². The van der Waals surface area contributed by atoms with Crippen molar-refractivity contribution in [2.45, 2.75) is 38.6 Å². The Morgan fingerprint density at radius 3 is 2.52 bits per heavy atom. The van der Waals surface area contributed by atoms with E-state index in [1.807, 2.05) is 30.0 Å². The van der Waals surface area contributed by atoms with Gasteiger partial charge >= 0.3 is 0 Å². The van der Waals surface area contributed by atoms with Gasteiger partial charge in [0.25, 0.3) is 11.5 Å². The molecular weight excluding hydrogens is 290 g/mol. The lowest BCUT2D eigenvalue weighted by Crippen LogP contribution is -2.40. The molecule has 1 heterocycles. The van der Waals surface area contributed by atoms with E-state index in [2.05, 4.69) is 5.10 Å². The summed E-state index contributed by atoms with van der Waals surface area (Å²) in [5.74, 6) is -0.0934. The molecule has 0 atom stereocenters. The van der Waals surface area contributed by atoms with Crippen LogP contribution in [0.2, 0.25) is 0 Å². The SMILES string of the molecule is CCN(C(=O)c1ccc(=O)n(-c2ccccc2)n1)C1CCCC1. The second kappa shape index (κ2) is 6.77. The Kier molecular flexibility index (Phi) is 4.55. The van der Waals surface area contributed by atoms with E-state index in [0.29, 0.717) is 24.0 Å². The molecule has 1 saturated carbocycles. The van der Waals surface area contributed by atoms with Crippen LogP contribution >= 0.6 is 0 Å². The van der Waals surface area contributed by atoms with Gasteiger partial charge in [0.2, 0.25) is 0 Å². The van der Waals surface area contributed by atoms with Crippen molar-refractivity contribution in [3.05, 3.63) is 58.5 Å². The van der Waals surface area contributed by atoms with E-state index in [-0.39, 0.29) is 11.5 Å². The van der Waals surface area contributed by atoms with E-state index in [1.54, 1.807) is 12.1 Å². The first-order valence-corrected chi connectivity index (χ1v) is 8.17. The number of hydrogen-bond donors (Lipinski definition) is 0. The fraction of sp³-hybridized carbons (Fsp3) is 0.389. The summed E-state index contributed by atoms with van der Waals surface area (Å²) in [6.07, 6.45) is 4.45. The minimum atomic E-state index is -0.239. The van der Waals surface area contributed by atoms with Crippen LogP contribution in [0.3, 0.4) is 0 Å². The van der Waals surface area contributed by atoms with Gasteiger partial charge in [-0.1, -0.05) is 31.0 Å². The van der Waals surface area contributed by atoms with E-state index >= 15 is 0 Å². The molecule has 1 fully saturated rings. The van der Waals surface area contributed by atoms with E-state index in [9.17, 15) is 9.59 Å². The summed E-state index contributed by atoms with van der Waals surface area (Å²) in [5.41, 5.74) is 0.745. The molecule has 0 radical (unpaired) electrons. The Morgan fingerprint density at radius 2 is 1.87 bits per heavy atom. The molecule has 1 aliphatic carbocycles. The van der Waals surface area contributed by atoms with Crippen molar-refractivity contribution in [3.63, 3.8) is 0 Å². The zero-order valence-corrected chi connectivity index (χ0v) is 13.3. The number of aromatic nitrogens is 2. The lowest BCUT2D eigenvalue weighted by Gasteiger charge is -2.27. The van der Waals surface area contributed by atoms with E-state index in [4.69, 9.17) is 0 Å². The minimum absolute atomic E-state index is 0.0934. The molecule has 0 spiro atoms. The fourth-order valence-corrected chi connectivity index (χ4v) is 3.21. The molecule has 3 rings (SSSR count). The van der Waals surface area contributed by atoms with Crippen molar-refractivity contribution in [1.82, 2.24) is 14.7 Å². The normalized spacial score (nSPS) is 14.8. The van der Waals surface area contributed by atoms with Crippen molar-refractivity contribution in [2.75, 3.05) is 6.54 Å². The number of benzene rings is 1. The molecule has 1 aromatic carbocycles. The summed E-state index contributed by atoms with van der Waals surface area (Å²) < 4.78 is 1.29. The van der Waals surface area contributed by atoms with Gasteiger partial charge in [0.1, 0.15) is 5.69 Å². The highest BCUT2D eigenvalue weighted by atomic mass is 16.2. The number of carbonyl (C=O) groups is 1. The van der Waals surface area contributed by atoms with Crippen LogP contribution in [0.25, 0.3) is 5.69 Å². The number of para-hydroxylation sites is 1. The van der Waals surface area contributed by atoms with Gasteiger partial charge in [-0.25, -0.2) is 0 Å². The van der Waals surface area contributed by atoms with Crippen LogP contribution in [0, 0.1) is 0 Å². The monoisotopic (exact) mass is 311 g/mol. The summed E-state index contributed by atoms with van der Waals surface area (Å²) in [4.78, 5) is 26.8. The largest absolute Gasteiger partial charge is 0.335 e. The Labute approximate surface area is 135 Å². The lowest BCUT2D eigenvalue weighted by atomic mass is 10.2. The number of nitrogens with zero attached hydrogens (tertiary/aromatic N) is 3. The number of rotatable bonds is 4. The predicted molar refractivity (Wildman–Crippen MR) is 88.8 cm³/mol. The third kappa shape index (κ3) is 3.18. The van der Waals surface area contributed by atoms with Gasteiger partial charge in [-0.05, 0) is 38.0 Å². The molecule has 120 valence electrons. The molecule has 0 N–H and O–H groups in total. The van der Waals surface area contributed by atoms with Crippen molar-refractivity contribution < 1.29 is 4.79 Å². The van der Waals surface area contributed by atoms with Gasteiger partial charge in [0.05, 0.1) is 5.69 Å². The molecule has 23 heavy (non-hydrogen) atoms. The van der Waals surface area contributed by atoms with Gasteiger partial charge < -0.3 is 4.90 Å². The van der Waals surface area contributed by atoms with Crippen molar-refractivity contribution in [3.8, 4) is 5.69 Å². The lowest BCUT2D eigenvalue weighted by molar-refractivity contribution is 0.0685. The maximum absolute atomic E-state index is 12.8. The zero-order valence-electron chi connectivity index (χ0n) is 13.3. The van der Waals surface area contributed by atoms with Crippen LogP contribution in [-0.4, -0.2) is 33.2 Å². The van der Waals surface area contributed by atoms with Gasteiger partial charge in [-0.15, -0.1) is 0 Å². The molecule has 1 amide bonds. The number of hydrogen-bond acceptors (Lipinski definition) is 3. The molecule has 1 aromatic heterocycles. The highest BCUT2D eigenvalue weighted by Crippen LogP contribution is 2.24. The maximum Gasteiger partial charge on any atom is 0.274 e. The zero-order chi connectivity index (χ0) is 16.2. The van der Waals surface area contributed by atoms with Crippen LogP contribution in [0.5, 0.6) is 0 Å². The van der Waals surface area contributed by atoms with Crippen molar-refractivity contribution in [2.24, 2.45) is 0 Å². The summed E-state index contributed by atoms with van der Waals surface area (Å²) >= 11 is 0. The Morgan fingerprint density at radius 1 is 1.17 bits per heavy atom. The van der Waals surface area contributed by atoms with Crippen LogP contribution in [0.1, 0.15) is 43.1 Å². The quantitative estimate of drug-likeness (QED) is 0.872. The van der Waals surface area contributed by atoms with E-state index in [1.165, 1.54) is 29.7 Å². The summed E-state index contributed by atoms with van der Waals surface area (Å²) in [6, 6.07) is 12.4. The minimum Gasteiger partial charge on any atom is -0.335 e. The molecule has 0 unspecified atom stereocenters. The molecule has 2 aromatic rings. The first kappa shape index (κ1) is 15.5. The summed E-state index contributed by atoms with van der Waals surface area (Å²) in [6.45, 7) is 2.65. The van der Waals surface area contributed by atoms with Gasteiger partial charge in [0.15, 0.2) is 0 Å². The average molecular weight is 311 g/mol. The summed E-state index contributed by atoms with van der Waals surface area (Å²) in [7, 11) is 0. The Bertz CT molecular complexity index is 733. The van der Waals surface area contributed by atoms with Gasteiger partial charge in [-0.2, -0.15) is 9.78 Å². The first-order valence-electron chi connectivity index (χ1n) is 8.17. The predicted octanol–water partition coefficient (Wildman–Crippen LogP) is 2.64.